The maximum absolute atomic E-state index is 13.5. The highest BCUT2D eigenvalue weighted by molar-refractivity contribution is 7.89. The monoisotopic (exact) mass is 472 g/mol. The molecule has 1 aromatic heterocycles. The van der Waals surface area contributed by atoms with E-state index in [1.54, 1.807) is 6.92 Å². The number of aliphatic carboxylic acids is 1. The third-order valence-corrected chi connectivity index (χ3v) is 7.06. The first-order valence-corrected chi connectivity index (χ1v) is 11.3. The van der Waals surface area contributed by atoms with E-state index in [0.29, 0.717) is 24.8 Å². The standard InChI is InChI=1S/C21H23F3N2O5S/c1-3-13(20(27)28)7-17-5-4-14(10-25-17)15-6-16(21(22,23)24)9-19(8-15)32(29,30)26(2)11-18-12-31-18/h4-6,8-10,13,18H,3,7,11-12H2,1-2H3,(H,27,28). The van der Waals surface area contributed by atoms with Gasteiger partial charge >= 0.3 is 12.1 Å². The second-order valence-electron chi connectivity index (χ2n) is 7.67. The van der Waals surface area contributed by atoms with Crippen molar-refractivity contribution in [2.24, 2.45) is 5.92 Å². The molecule has 1 fully saturated rings. The molecule has 2 heterocycles. The predicted octanol–water partition coefficient (Wildman–Crippen LogP) is 3.44. The first-order chi connectivity index (χ1) is 14.9. The Morgan fingerprint density at radius 3 is 2.47 bits per heavy atom. The highest BCUT2D eigenvalue weighted by Crippen LogP contribution is 2.35. The number of carboxylic acids is 1. The lowest BCUT2D eigenvalue weighted by Crippen LogP contribution is -2.30. The topological polar surface area (TPSA) is 100 Å². The zero-order valence-electron chi connectivity index (χ0n) is 17.5. The van der Waals surface area contributed by atoms with E-state index in [2.05, 4.69) is 4.98 Å². The molecule has 7 nitrogen and oxygen atoms in total. The minimum Gasteiger partial charge on any atom is -0.481 e. The van der Waals surface area contributed by atoms with Crippen LogP contribution in [-0.2, 0) is 32.2 Å². The smallest absolute Gasteiger partial charge is 0.416 e. The molecule has 0 saturated carbocycles. The molecular weight excluding hydrogens is 449 g/mol. The van der Waals surface area contributed by atoms with Gasteiger partial charge in [0, 0.05) is 37.5 Å². The van der Waals surface area contributed by atoms with E-state index in [1.807, 2.05) is 0 Å². The summed E-state index contributed by atoms with van der Waals surface area (Å²) in [5.41, 5.74) is -0.288. The summed E-state index contributed by atoms with van der Waals surface area (Å²) in [5.74, 6) is -1.57. The molecule has 1 saturated heterocycles. The summed E-state index contributed by atoms with van der Waals surface area (Å²) in [6.45, 7) is 2.20. The van der Waals surface area contributed by atoms with Crippen LogP contribution in [0.3, 0.4) is 0 Å². The van der Waals surface area contributed by atoms with Crippen molar-refractivity contribution in [2.45, 2.75) is 36.9 Å². The van der Waals surface area contributed by atoms with Gasteiger partial charge in [-0.1, -0.05) is 13.0 Å². The van der Waals surface area contributed by atoms with Crippen molar-refractivity contribution >= 4 is 16.0 Å². The fraction of sp³-hybridized carbons (Fsp3) is 0.429. The number of rotatable bonds is 9. The van der Waals surface area contributed by atoms with Crippen molar-refractivity contribution < 1.29 is 36.2 Å². The number of halogens is 3. The fourth-order valence-corrected chi connectivity index (χ4v) is 4.47. The van der Waals surface area contributed by atoms with Crippen LogP contribution in [0.2, 0.25) is 0 Å². The van der Waals surface area contributed by atoms with E-state index >= 15 is 0 Å². The number of ether oxygens (including phenoxy) is 1. The molecule has 1 N–H and O–H groups in total. The molecule has 32 heavy (non-hydrogen) atoms. The Kier molecular flexibility index (Phi) is 6.91. The first-order valence-electron chi connectivity index (χ1n) is 9.90. The van der Waals surface area contributed by atoms with Crippen LogP contribution in [0.25, 0.3) is 11.1 Å². The van der Waals surface area contributed by atoms with Gasteiger partial charge in [0.05, 0.1) is 29.1 Å². The molecular formula is C21H23F3N2O5S. The van der Waals surface area contributed by atoms with Gasteiger partial charge in [-0.3, -0.25) is 9.78 Å². The molecule has 11 heteroatoms. The lowest BCUT2D eigenvalue weighted by molar-refractivity contribution is -0.142. The SMILES string of the molecule is CCC(Cc1ccc(-c2cc(C(F)(F)F)cc(S(=O)(=O)N(C)CC3CO3)c2)cn1)C(=O)O. The van der Waals surface area contributed by atoms with Crippen LogP contribution >= 0.6 is 0 Å². The van der Waals surface area contributed by atoms with E-state index in [-0.39, 0.29) is 30.2 Å². The summed E-state index contributed by atoms with van der Waals surface area (Å²) in [6, 6.07) is 5.70. The number of sulfonamides is 1. The summed E-state index contributed by atoms with van der Waals surface area (Å²) >= 11 is 0. The molecule has 2 aromatic rings. The highest BCUT2D eigenvalue weighted by Gasteiger charge is 2.35. The Hall–Kier alpha value is -2.50. The van der Waals surface area contributed by atoms with Gasteiger partial charge in [-0.2, -0.15) is 17.5 Å². The van der Waals surface area contributed by atoms with Gasteiger partial charge < -0.3 is 9.84 Å². The summed E-state index contributed by atoms with van der Waals surface area (Å²) in [5, 5.41) is 9.18. The van der Waals surface area contributed by atoms with Gasteiger partial charge in [-0.15, -0.1) is 0 Å². The number of carboxylic acid groups (broad SMARTS) is 1. The summed E-state index contributed by atoms with van der Waals surface area (Å²) in [6.07, 6.45) is -3.09. The molecule has 3 rings (SSSR count). The van der Waals surface area contributed by atoms with Crippen LogP contribution in [0.15, 0.2) is 41.4 Å². The van der Waals surface area contributed by atoms with Crippen LogP contribution in [0.1, 0.15) is 24.6 Å². The number of hydrogen-bond donors (Lipinski definition) is 1. The van der Waals surface area contributed by atoms with Crippen molar-refractivity contribution in [1.29, 1.82) is 0 Å². The van der Waals surface area contributed by atoms with E-state index in [1.165, 1.54) is 31.4 Å². The Morgan fingerprint density at radius 1 is 1.28 bits per heavy atom. The minimum atomic E-state index is -4.75. The van der Waals surface area contributed by atoms with E-state index in [9.17, 15) is 31.5 Å². The number of alkyl halides is 3. The largest absolute Gasteiger partial charge is 0.481 e. The van der Waals surface area contributed by atoms with Crippen molar-refractivity contribution in [3.8, 4) is 11.1 Å². The Balaban J connectivity index is 1.97. The maximum Gasteiger partial charge on any atom is 0.416 e. The molecule has 1 aliphatic rings. The second kappa shape index (κ2) is 9.16. The third kappa shape index (κ3) is 5.64. The molecule has 0 spiro atoms. The van der Waals surface area contributed by atoms with Crippen molar-refractivity contribution in [3.05, 3.63) is 47.8 Å². The second-order valence-corrected chi connectivity index (χ2v) is 9.72. The van der Waals surface area contributed by atoms with E-state index < -0.39 is 38.5 Å². The molecule has 1 aliphatic heterocycles. The maximum atomic E-state index is 13.5. The van der Waals surface area contributed by atoms with Crippen molar-refractivity contribution in [3.63, 3.8) is 0 Å². The lowest BCUT2D eigenvalue weighted by Gasteiger charge is -2.18. The van der Waals surface area contributed by atoms with Crippen LogP contribution in [0.5, 0.6) is 0 Å². The van der Waals surface area contributed by atoms with Gasteiger partial charge in [-0.05, 0) is 36.2 Å². The Morgan fingerprint density at radius 2 is 1.97 bits per heavy atom. The van der Waals surface area contributed by atoms with Crippen LogP contribution < -0.4 is 0 Å². The van der Waals surface area contributed by atoms with Gasteiger partial charge in [0.15, 0.2) is 0 Å². The minimum absolute atomic E-state index is 0.0406. The Labute approximate surface area is 183 Å². The van der Waals surface area contributed by atoms with E-state index in [4.69, 9.17) is 4.74 Å². The predicted molar refractivity (Wildman–Crippen MR) is 109 cm³/mol. The molecule has 0 bridgehead atoms. The average Bonchev–Trinajstić information content (AvgIpc) is 3.55. The number of epoxide rings is 1. The Bertz CT molecular complexity index is 1080. The lowest BCUT2D eigenvalue weighted by atomic mass is 9.99. The fourth-order valence-electron chi connectivity index (χ4n) is 3.19. The van der Waals surface area contributed by atoms with Crippen molar-refractivity contribution in [2.75, 3.05) is 20.2 Å². The molecule has 174 valence electrons. The molecule has 2 unspecified atom stereocenters. The van der Waals surface area contributed by atoms with Crippen LogP contribution in [-0.4, -0.2) is 55.1 Å². The molecule has 0 radical (unpaired) electrons. The van der Waals surface area contributed by atoms with Crippen LogP contribution in [0.4, 0.5) is 13.2 Å². The van der Waals surface area contributed by atoms with Gasteiger partial charge in [0.1, 0.15) is 0 Å². The first kappa shape index (κ1) is 24.1. The summed E-state index contributed by atoms with van der Waals surface area (Å²) < 4.78 is 72.2. The van der Waals surface area contributed by atoms with Gasteiger partial charge in [-0.25, -0.2) is 8.42 Å². The number of pyridine rings is 1. The van der Waals surface area contributed by atoms with Gasteiger partial charge in [0.2, 0.25) is 10.0 Å². The summed E-state index contributed by atoms with van der Waals surface area (Å²) in [7, 11) is -2.89. The summed E-state index contributed by atoms with van der Waals surface area (Å²) in [4.78, 5) is 14.9. The number of likely N-dealkylation sites (N-methyl/N-ethyl adjacent to an activating group) is 1. The molecule has 2 atom stereocenters. The highest BCUT2D eigenvalue weighted by atomic mass is 32.2. The normalized spacial score (nSPS) is 17.4. The number of carbonyl (C=O) groups is 1. The average molecular weight is 472 g/mol. The third-order valence-electron chi connectivity index (χ3n) is 5.26. The number of aromatic nitrogens is 1. The van der Waals surface area contributed by atoms with Gasteiger partial charge in [0.25, 0.3) is 0 Å². The van der Waals surface area contributed by atoms with Crippen LogP contribution in [0, 0.1) is 5.92 Å². The number of hydrogen-bond acceptors (Lipinski definition) is 5. The quantitative estimate of drug-likeness (QED) is 0.562. The molecule has 1 aromatic carbocycles. The molecule has 0 aliphatic carbocycles. The zero-order valence-corrected chi connectivity index (χ0v) is 18.3. The van der Waals surface area contributed by atoms with Crippen molar-refractivity contribution in [1.82, 2.24) is 9.29 Å². The zero-order chi connectivity index (χ0) is 23.7. The number of nitrogens with zero attached hydrogens (tertiary/aromatic N) is 2. The van der Waals surface area contributed by atoms with E-state index in [0.717, 1.165) is 10.4 Å². The molecule has 0 amide bonds. The number of benzene rings is 1.